The Morgan fingerprint density at radius 1 is 1.04 bits per heavy atom. The van der Waals surface area contributed by atoms with Crippen LogP contribution in [0.3, 0.4) is 0 Å². The number of hydrogen-bond donors (Lipinski definition) is 5. The van der Waals surface area contributed by atoms with Gasteiger partial charge in [0.05, 0.1) is 0 Å². The molecule has 0 fully saturated rings. The Morgan fingerprint density at radius 3 is 2.04 bits per heavy atom. The Hall–Kier alpha value is -3.18. The van der Waals surface area contributed by atoms with Crippen molar-refractivity contribution in [1.82, 2.24) is 16.1 Å². The molecule has 7 heteroatoms. The quantitative estimate of drug-likeness (QED) is 0.290. The van der Waals surface area contributed by atoms with Gasteiger partial charge in [-0.25, -0.2) is 5.48 Å². The highest BCUT2D eigenvalue weighted by Gasteiger charge is 2.19. The van der Waals surface area contributed by atoms with Gasteiger partial charge in [0.1, 0.15) is 6.04 Å². The lowest BCUT2D eigenvalue weighted by Gasteiger charge is -2.14. The molecule has 0 saturated carbocycles. The van der Waals surface area contributed by atoms with Crippen molar-refractivity contribution in [2.75, 3.05) is 13.6 Å². The van der Waals surface area contributed by atoms with Crippen LogP contribution >= 0.6 is 0 Å². The van der Waals surface area contributed by atoms with Crippen LogP contribution in [0.4, 0.5) is 0 Å². The number of nitrogens with one attached hydrogen (secondary N) is 3. The second-order valence-corrected chi connectivity index (χ2v) is 5.79. The van der Waals surface area contributed by atoms with Gasteiger partial charge in [0.2, 0.25) is 0 Å². The first-order valence-electron chi connectivity index (χ1n) is 8.38. The topological polar surface area (TPSA) is 116 Å². The molecule has 0 unspecified atom stereocenters. The number of hydroxylamine groups is 1. The molecule has 0 aliphatic carbocycles. The van der Waals surface area contributed by atoms with Gasteiger partial charge in [-0.1, -0.05) is 31.4 Å². The second-order valence-electron chi connectivity index (χ2n) is 5.79. The summed E-state index contributed by atoms with van der Waals surface area (Å²) in [4.78, 5) is 23.5. The zero-order valence-corrected chi connectivity index (χ0v) is 15.0. The van der Waals surface area contributed by atoms with Crippen molar-refractivity contribution in [2.24, 2.45) is 5.73 Å². The van der Waals surface area contributed by atoms with Crippen molar-refractivity contribution in [3.8, 4) is 11.8 Å². The zero-order chi connectivity index (χ0) is 19.6. The van der Waals surface area contributed by atoms with Crippen LogP contribution in [-0.4, -0.2) is 36.7 Å². The molecule has 2 aromatic carbocycles. The zero-order valence-electron chi connectivity index (χ0n) is 15.0. The fraction of sp³-hybridized carbons (Fsp3) is 0.238. The molecule has 1 atom stereocenters. The molecule has 0 spiro atoms. The number of amides is 2. The lowest BCUT2D eigenvalue weighted by molar-refractivity contribution is -0.130. The second kappa shape index (κ2) is 11.5. The van der Waals surface area contributed by atoms with Crippen molar-refractivity contribution in [3.05, 3.63) is 70.8 Å². The Kier molecular flexibility index (Phi) is 9.40. The number of hydrogen-bond acceptors (Lipinski definition) is 5. The van der Waals surface area contributed by atoms with E-state index in [1.54, 1.807) is 24.3 Å². The van der Waals surface area contributed by atoms with Crippen LogP contribution in [0.2, 0.25) is 0 Å². The molecule has 0 aliphatic rings. The third-order valence-electron chi connectivity index (χ3n) is 3.80. The first-order valence-corrected chi connectivity index (χ1v) is 8.38. The highest BCUT2D eigenvalue weighted by Crippen LogP contribution is 2.06. The van der Waals surface area contributed by atoms with Crippen molar-refractivity contribution in [2.45, 2.75) is 20.0 Å². The summed E-state index contributed by atoms with van der Waals surface area (Å²) in [5.74, 6) is 4.88. The maximum atomic E-state index is 12.1. The molecule has 2 rings (SSSR count). The molecular formula is C21H26N4O3. The molecule has 6 N–H and O–H groups in total. The minimum absolute atomic E-state index is 0. The Bertz CT molecular complexity index is 837. The molecule has 0 saturated heterocycles. The summed E-state index contributed by atoms with van der Waals surface area (Å²) < 4.78 is 0. The molecule has 28 heavy (non-hydrogen) atoms. The van der Waals surface area contributed by atoms with Gasteiger partial charge in [0, 0.05) is 29.8 Å². The van der Waals surface area contributed by atoms with Crippen LogP contribution in [-0.2, 0) is 11.3 Å². The highest BCUT2D eigenvalue weighted by atomic mass is 16.5. The first-order chi connectivity index (χ1) is 13.1. The standard InChI is InChI=1S/C20H22N4O3.CH4/c1-22-13-16-6-4-14(5-7-16)2-3-15-8-10-17(11-9-15)19(25)23-18(12-21)20(26)24-27;/h4-11,18,22,27H,12-13,21H2,1H3,(H,23,25)(H,24,26);1H4/t18-;/m0./s1. The van der Waals surface area contributed by atoms with Gasteiger partial charge in [0.15, 0.2) is 0 Å². The maximum Gasteiger partial charge on any atom is 0.267 e. The average Bonchev–Trinajstić information content (AvgIpc) is 2.71. The fourth-order valence-corrected chi connectivity index (χ4v) is 2.31. The van der Waals surface area contributed by atoms with E-state index in [1.165, 1.54) is 11.0 Å². The van der Waals surface area contributed by atoms with E-state index in [-0.39, 0.29) is 14.0 Å². The van der Waals surface area contributed by atoms with Gasteiger partial charge in [-0.05, 0) is 49.0 Å². The van der Waals surface area contributed by atoms with Gasteiger partial charge >= 0.3 is 0 Å². The number of benzene rings is 2. The predicted octanol–water partition coefficient (Wildman–Crippen LogP) is 1.00. The number of rotatable bonds is 6. The summed E-state index contributed by atoms with van der Waals surface area (Å²) in [6, 6.07) is 13.6. The minimum atomic E-state index is -1.01. The molecule has 0 heterocycles. The molecule has 0 radical (unpaired) electrons. The molecule has 7 nitrogen and oxygen atoms in total. The largest absolute Gasteiger partial charge is 0.339 e. The van der Waals surface area contributed by atoms with Crippen LogP contribution in [0.15, 0.2) is 48.5 Å². The Labute approximate surface area is 165 Å². The summed E-state index contributed by atoms with van der Waals surface area (Å²) >= 11 is 0. The van der Waals surface area contributed by atoms with E-state index < -0.39 is 17.9 Å². The van der Waals surface area contributed by atoms with E-state index in [2.05, 4.69) is 22.5 Å². The highest BCUT2D eigenvalue weighted by molar-refractivity contribution is 5.97. The smallest absolute Gasteiger partial charge is 0.267 e. The Morgan fingerprint density at radius 2 is 1.57 bits per heavy atom. The van der Waals surface area contributed by atoms with Crippen LogP contribution in [0, 0.1) is 11.8 Å². The van der Waals surface area contributed by atoms with Gasteiger partial charge in [-0.15, -0.1) is 0 Å². The fourth-order valence-electron chi connectivity index (χ4n) is 2.31. The summed E-state index contributed by atoms with van der Waals surface area (Å²) in [7, 11) is 1.90. The summed E-state index contributed by atoms with van der Waals surface area (Å²) in [5, 5.41) is 14.2. The normalized spacial score (nSPS) is 10.7. The molecule has 0 aliphatic heterocycles. The number of nitrogens with two attached hydrogens (primary N) is 1. The lowest BCUT2D eigenvalue weighted by atomic mass is 10.1. The summed E-state index contributed by atoms with van der Waals surface area (Å²) in [5.41, 5.74) is 10.1. The lowest BCUT2D eigenvalue weighted by Crippen LogP contribution is -2.50. The van der Waals surface area contributed by atoms with Crippen LogP contribution in [0.1, 0.15) is 34.5 Å². The summed E-state index contributed by atoms with van der Waals surface area (Å²) in [6.45, 7) is 0.678. The van der Waals surface area contributed by atoms with Gasteiger partial charge < -0.3 is 16.4 Å². The Balaban J connectivity index is 0.00000392. The van der Waals surface area contributed by atoms with Crippen LogP contribution < -0.4 is 21.8 Å². The van der Waals surface area contributed by atoms with E-state index in [1.807, 2.05) is 31.3 Å². The van der Waals surface area contributed by atoms with E-state index in [9.17, 15) is 9.59 Å². The molecular weight excluding hydrogens is 356 g/mol. The van der Waals surface area contributed by atoms with Crippen LogP contribution in [0.5, 0.6) is 0 Å². The number of carbonyl (C=O) groups excluding carboxylic acids is 2. The third kappa shape index (κ3) is 6.52. The van der Waals surface area contributed by atoms with Crippen LogP contribution in [0.25, 0.3) is 0 Å². The van der Waals surface area contributed by atoms with Crippen molar-refractivity contribution >= 4 is 11.8 Å². The van der Waals surface area contributed by atoms with Crippen molar-refractivity contribution in [3.63, 3.8) is 0 Å². The van der Waals surface area contributed by atoms with Gasteiger partial charge in [-0.2, -0.15) is 0 Å². The maximum absolute atomic E-state index is 12.1. The minimum Gasteiger partial charge on any atom is -0.339 e. The first kappa shape index (κ1) is 22.9. The van der Waals surface area contributed by atoms with Gasteiger partial charge in [0.25, 0.3) is 11.8 Å². The van der Waals surface area contributed by atoms with E-state index in [4.69, 9.17) is 10.9 Å². The SMILES string of the molecule is C.CNCc1ccc(C#Cc2ccc(C(=O)N[C@@H](CN)C(=O)NO)cc2)cc1. The third-order valence-corrected chi connectivity index (χ3v) is 3.80. The molecule has 148 valence electrons. The monoisotopic (exact) mass is 382 g/mol. The molecule has 2 aromatic rings. The molecule has 0 bridgehead atoms. The van der Waals surface area contributed by atoms with E-state index in [0.29, 0.717) is 5.56 Å². The number of carbonyl (C=O) groups is 2. The predicted molar refractivity (Wildman–Crippen MR) is 109 cm³/mol. The molecule has 2 amide bonds. The van der Waals surface area contributed by atoms with Crippen molar-refractivity contribution in [1.29, 1.82) is 0 Å². The van der Waals surface area contributed by atoms with E-state index >= 15 is 0 Å². The van der Waals surface area contributed by atoms with E-state index in [0.717, 1.165) is 17.7 Å². The van der Waals surface area contributed by atoms with Crippen molar-refractivity contribution < 1.29 is 14.8 Å². The van der Waals surface area contributed by atoms with Gasteiger partial charge in [-0.3, -0.25) is 14.8 Å². The summed E-state index contributed by atoms with van der Waals surface area (Å²) in [6.07, 6.45) is 0. The molecule has 0 aromatic heterocycles. The average molecular weight is 382 g/mol.